The number of carboxylic acid groups (broad SMARTS) is 1. The van der Waals surface area contributed by atoms with Crippen LogP contribution in [0.15, 0.2) is 10.9 Å². The highest BCUT2D eigenvalue weighted by molar-refractivity contribution is 5.67. The van der Waals surface area contributed by atoms with Gasteiger partial charge in [0.2, 0.25) is 0 Å². The van der Waals surface area contributed by atoms with Gasteiger partial charge in [-0.05, 0) is 38.3 Å². The Morgan fingerprint density at radius 2 is 2.00 bits per heavy atom. The molecule has 4 heteroatoms. The van der Waals surface area contributed by atoms with Gasteiger partial charge in [-0.2, -0.15) is 0 Å². The fraction of sp³-hybridized carbons (Fsp3) is 0.600. The zero-order valence-electron chi connectivity index (χ0n) is 12.0. The zero-order chi connectivity index (χ0) is 14.4. The van der Waals surface area contributed by atoms with Gasteiger partial charge in [0.15, 0.2) is 0 Å². The lowest BCUT2D eigenvalue weighted by molar-refractivity contribution is -0.136. The van der Waals surface area contributed by atoms with E-state index in [0.29, 0.717) is 12.0 Å². The fourth-order valence-electron chi connectivity index (χ4n) is 2.30. The Morgan fingerprint density at radius 1 is 1.32 bits per heavy atom. The molecule has 1 heterocycles. The molecule has 0 aromatic carbocycles. The second-order valence-corrected chi connectivity index (χ2v) is 5.00. The maximum atomic E-state index is 12.4. The van der Waals surface area contributed by atoms with Crippen molar-refractivity contribution < 1.29 is 9.90 Å². The lowest BCUT2D eigenvalue weighted by Gasteiger charge is -2.14. The molecule has 106 valence electrons. The summed E-state index contributed by atoms with van der Waals surface area (Å²) in [6.07, 6.45) is 3.52. The van der Waals surface area contributed by atoms with Gasteiger partial charge >= 0.3 is 5.97 Å². The molecule has 0 unspecified atom stereocenters. The van der Waals surface area contributed by atoms with Gasteiger partial charge in [-0.25, -0.2) is 0 Å². The van der Waals surface area contributed by atoms with Crippen molar-refractivity contribution in [3.05, 3.63) is 33.2 Å². The molecule has 4 nitrogen and oxygen atoms in total. The fourth-order valence-corrected chi connectivity index (χ4v) is 2.30. The van der Waals surface area contributed by atoms with E-state index in [-0.39, 0.29) is 12.0 Å². The Morgan fingerprint density at radius 3 is 2.58 bits per heavy atom. The highest BCUT2D eigenvalue weighted by Gasteiger charge is 2.11. The van der Waals surface area contributed by atoms with E-state index in [1.165, 1.54) is 0 Å². The Labute approximate surface area is 114 Å². The van der Waals surface area contributed by atoms with Crippen molar-refractivity contribution in [1.82, 2.24) is 4.57 Å². The minimum absolute atomic E-state index is 0.00804. The van der Waals surface area contributed by atoms with Crippen molar-refractivity contribution in [1.29, 1.82) is 0 Å². The van der Waals surface area contributed by atoms with E-state index in [2.05, 4.69) is 6.92 Å². The van der Waals surface area contributed by atoms with E-state index in [9.17, 15) is 9.59 Å². The Hall–Kier alpha value is -1.58. The van der Waals surface area contributed by atoms with Crippen molar-refractivity contribution in [2.24, 2.45) is 0 Å². The minimum Gasteiger partial charge on any atom is -0.481 e. The summed E-state index contributed by atoms with van der Waals surface area (Å²) >= 11 is 0. The van der Waals surface area contributed by atoms with Gasteiger partial charge in [0.25, 0.3) is 5.56 Å². The highest BCUT2D eigenvalue weighted by Crippen LogP contribution is 2.10. The minimum atomic E-state index is -0.864. The Balaban J connectivity index is 3.01. The molecule has 1 N–H and O–H groups in total. The van der Waals surface area contributed by atoms with Crippen molar-refractivity contribution in [3.63, 3.8) is 0 Å². The number of aliphatic carboxylic acids is 1. The van der Waals surface area contributed by atoms with Crippen LogP contribution in [0.2, 0.25) is 0 Å². The van der Waals surface area contributed by atoms with Gasteiger partial charge < -0.3 is 9.67 Å². The zero-order valence-corrected chi connectivity index (χ0v) is 12.0. The SMILES string of the molecule is CCCCCn1c(C)cc(C)c(CCC(=O)O)c1=O. The quantitative estimate of drug-likeness (QED) is 0.771. The molecule has 1 aromatic heterocycles. The number of pyridine rings is 1. The third kappa shape index (κ3) is 4.23. The molecular formula is C15H23NO3. The van der Waals surface area contributed by atoms with E-state index in [1.807, 2.05) is 19.9 Å². The van der Waals surface area contributed by atoms with Gasteiger partial charge in [0, 0.05) is 24.2 Å². The second kappa shape index (κ2) is 7.12. The van der Waals surface area contributed by atoms with E-state index < -0.39 is 5.97 Å². The summed E-state index contributed by atoms with van der Waals surface area (Å²) < 4.78 is 1.78. The molecule has 0 saturated carbocycles. The summed E-state index contributed by atoms with van der Waals surface area (Å²) in [5.74, 6) is -0.864. The summed E-state index contributed by atoms with van der Waals surface area (Å²) in [5, 5.41) is 8.74. The third-order valence-corrected chi connectivity index (χ3v) is 3.40. The number of unbranched alkanes of at least 4 members (excludes halogenated alkanes) is 2. The standard InChI is InChI=1S/C15H23NO3/c1-4-5-6-9-16-12(3)10-11(2)13(15(16)19)7-8-14(17)18/h10H,4-9H2,1-3H3,(H,17,18). The van der Waals surface area contributed by atoms with Crippen molar-refractivity contribution in [2.45, 2.75) is 59.4 Å². The van der Waals surface area contributed by atoms with Crippen LogP contribution in [0, 0.1) is 13.8 Å². The maximum Gasteiger partial charge on any atom is 0.303 e. The first-order chi connectivity index (χ1) is 8.97. The smallest absolute Gasteiger partial charge is 0.303 e. The Bertz CT molecular complexity index is 503. The van der Waals surface area contributed by atoms with Gasteiger partial charge in [0.05, 0.1) is 0 Å². The average Bonchev–Trinajstić information content (AvgIpc) is 2.32. The molecule has 0 saturated heterocycles. The summed E-state index contributed by atoms with van der Waals surface area (Å²) in [6, 6.07) is 1.98. The molecular weight excluding hydrogens is 242 g/mol. The van der Waals surface area contributed by atoms with Crippen LogP contribution in [-0.4, -0.2) is 15.6 Å². The van der Waals surface area contributed by atoms with Gasteiger partial charge in [0.1, 0.15) is 0 Å². The monoisotopic (exact) mass is 265 g/mol. The van der Waals surface area contributed by atoms with Crippen molar-refractivity contribution >= 4 is 5.97 Å². The number of carbonyl (C=O) groups is 1. The first kappa shape index (κ1) is 15.5. The van der Waals surface area contributed by atoms with E-state index >= 15 is 0 Å². The normalized spacial score (nSPS) is 10.7. The maximum absolute atomic E-state index is 12.4. The van der Waals surface area contributed by atoms with E-state index in [4.69, 9.17) is 5.11 Å². The van der Waals surface area contributed by atoms with Crippen LogP contribution in [0.3, 0.4) is 0 Å². The largest absolute Gasteiger partial charge is 0.481 e. The summed E-state index contributed by atoms with van der Waals surface area (Å²) in [6.45, 7) is 6.66. The van der Waals surface area contributed by atoms with Crippen LogP contribution in [0.4, 0.5) is 0 Å². The Kier molecular flexibility index (Phi) is 5.80. The highest BCUT2D eigenvalue weighted by atomic mass is 16.4. The van der Waals surface area contributed by atoms with E-state index in [1.54, 1.807) is 4.57 Å². The van der Waals surface area contributed by atoms with Crippen molar-refractivity contribution in [3.8, 4) is 0 Å². The number of aryl methyl sites for hydroxylation is 2. The summed E-state index contributed by atoms with van der Waals surface area (Å²) in [5.41, 5.74) is 2.48. The first-order valence-corrected chi connectivity index (χ1v) is 6.89. The molecule has 0 atom stereocenters. The van der Waals surface area contributed by atoms with Crippen LogP contribution >= 0.6 is 0 Å². The molecule has 0 radical (unpaired) electrons. The number of carboxylic acids is 1. The third-order valence-electron chi connectivity index (χ3n) is 3.40. The van der Waals surface area contributed by atoms with Crippen LogP contribution < -0.4 is 5.56 Å². The molecule has 1 aromatic rings. The molecule has 0 bridgehead atoms. The average molecular weight is 265 g/mol. The molecule has 0 aliphatic heterocycles. The lowest BCUT2D eigenvalue weighted by atomic mass is 10.0. The molecule has 1 rings (SSSR count). The van der Waals surface area contributed by atoms with Gasteiger partial charge in [-0.15, -0.1) is 0 Å². The number of hydrogen-bond acceptors (Lipinski definition) is 2. The predicted octanol–water partition coefficient (Wildman–Crippen LogP) is 2.67. The van der Waals surface area contributed by atoms with Gasteiger partial charge in [-0.1, -0.05) is 19.8 Å². The molecule has 0 spiro atoms. The molecule has 0 amide bonds. The van der Waals surface area contributed by atoms with Crippen LogP contribution in [-0.2, 0) is 17.8 Å². The van der Waals surface area contributed by atoms with E-state index in [0.717, 1.165) is 37.1 Å². The molecule has 19 heavy (non-hydrogen) atoms. The van der Waals surface area contributed by atoms with Crippen LogP contribution in [0.25, 0.3) is 0 Å². The first-order valence-electron chi connectivity index (χ1n) is 6.89. The summed E-state index contributed by atoms with van der Waals surface area (Å²) in [4.78, 5) is 23.0. The summed E-state index contributed by atoms with van der Waals surface area (Å²) in [7, 11) is 0. The lowest BCUT2D eigenvalue weighted by Crippen LogP contribution is -2.27. The number of nitrogens with zero attached hydrogens (tertiary/aromatic N) is 1. The van der Waals surface area contributed by atoms with Gasteiger partial charge in [-0.3, -0.25) is 9.59 Å². The molecule has 0 aliphatic carbocycles. The number of aromatic nitrogens is 1. The number of rotatable bonds is 7. The number of hydrogen-bond donors (Lipinski definition) is 1. The van der Waals surface area contributed by atoms with Crippen molar-refractivity contribution in [2.75, 3.05) is 0 Å². The molecule has 0 aliphatic rings. The van der Waals surface area contributed by atoms with Crippen LogP contribution in [0.5, 0.6) is 0 Å². The second-order valence-electron chi connectivity index (χ2n) is 5.00. The predicted molar refractivity (Wildman–Crippen MR) is 75.7 cm³/mol. The molecule has 0 fully saturated rings. The van der Waals surface area contributed by atoms with Crippen LogP contribution in [0.1, 0.15) is 49.4 Å². The topological polar surface area (TPSA) is 59.3 Å².